The number of aryl methyl sites for hydroxylation is 2. The van der Waals surface area contributed by atoms with Gasteiger partial charge in [0.05, 0.1) is 23.4 Å². The predicted octanol–water partition coefficient (Wildman–Crippen LogP) is 3.79. The Morgan fingerprint density at radius 3 is 2.74 bits per heavy atom. The number of nitrogens with one attached hydrogen (secondary N) is 1. The normalized spacial score (nSPS) is 18.9. The van der Waals surface area contributed by atoms with Gasteiger partial charge < -0.3 is 15.2 Å². The molecule has 0 spiro atoms. The first-order chi connectivity index (χ1) is 15.1. The van der Waals surface area contributed by atoms with Crippen LogP contribution in [0.15, 0.2) is 48.7 Å². The van der Waals surface area contributed by atoms with Gasteiger partial charge >= 0.3 is 0 Å². The molecule has 3 aromatic heterocycles. The zero-order valence-electron chi connectivity index (χ0n) is 17.7. The predicted molar refractivity (Wildman–Crippen MR) is 119 cm³/mol. The zero-order chi connectivity index (χ0) is 21.4. The Labute approximate surface area is 180 Å². The van der Waals surface area contributed by atoms with Crippen molar-refractivity contribution in [3.8, 4) is 17.0 Å². The van der Waals surface area contributed by atoms with E-state index in [1.807, 2.05) is 56.6 Å². The summed E-state index contributed by atoms with van der Waals surface area (Å²) in [4.78, 5) is 4.74. The van der Waals surface area contributed by atoms with Crippen molar-refractivity contribution in [2.45, 2.75) is 37.9 Å². The number of benzene rings is 1. The van der Waals surface area contributed by atoms with Crippen molar-refractivity contribution in [3.05, 3.63) is 48.7 Å². The summed E-state index contributed by atoms with van der Waals surface area (Å²) in [5.41, 5.74) is 2.68. The third kappa shape index (κ3) is 3.98. The van der Waals surface area contributed by atoms with Crippen LogP contribution in [0.4, 0.5) is 11.6 Å². The second-order valence-corrected chi connectivity index (χ2v) is 8.10. The van der Waals surface area contributed by atoms with Crippen LogP contribution in [0.25, 0.3) is 22.3 Å². The van der Waals surface area contributed by atoms with Crippen molar-refractivity contribution in [2.75, 3.05) is 5.32 Å². The van der Waals surface area contributed by atoms with Crippen molar-refractivity contribution >= 4 is 22.7 Å². The number of rotatable bonds is 5. The molecule has 8 nitrogen and oxygen atoms in total. The molecule has 2 atom stereocenters. The molecule has 5 rings (SSSR count). The van der Waals surface area contributed by atoms with Crippen LogP contribution < -0.4 is 10.1 Å². The lowest BCUT2D eigenvalue weighted by Gasteiger charge is -2.27. The number of aromatic nitrogens is 5. The molecular formula is C23H26N6O2. The van der Waals surface area contributed by atoms with E-state index in [4.69, 9.17) is 9.72 Å². The van der Waals surface area contributed by atoms with Gasteiger partial charge in [0.25, 0.3) is 0 Å². The molecule has 0 bridgehead atoms. The molecule has 1 aliphatic carbocycles. The molecule has 1 saturated carbocycles. The Bertz CT molecular complexity index is 1200. The highest BCUT2D eigenvalue weighted by atomic mass is 16.5. The lowest BCUT2D eigenvalue weighted by molar-refractivity contribution is 0.0544. The summed E-state index contributed by atoms with van der Waals surface area (Å²) in [7, 11) is 3.77. The van der Waals surface area contributed by atoms with E-state index in [1.165, 1.54) is 0 Å². The molecule has 160 valence electrons. The number of hydrogen-bond acceptors (Lipinski definition) is 6. The number of aliphatic hydroxyl groups is 1. The van der Waals surface area contributed by atoms with Crippen LogP contribution in [-0.2, 0) is 14.1 Å². The fraction of sp³-hybridized carbons (Fsp3) is 0.348. The number of aliphatic hydroxyl groups excluding tert-OH is 1. The third-order valence-electron chi connectivity index (χ3n) is 5.76. The van der Waals surface area contributed by atoms with Gasteiger partial charge in [0, 0.05) is 38.2 Å². The highest BCUT2D eigenvalue weighted by Crippen LogP contribution is 2.32. The van der Waals surface area contributed by atoms with E-state index in [0.29, 0.717) is 12.2 Å². The highest BCUT2D eigenvalue weighted by molar-refractivity contribution is 5.84. The fourth-order valence-electron chi connectivity index (χ4n) is 4.12. The monoisotopic (exact) mass is 418 g/mol. The van der Waals surface area contributed by atoms with Crippen molar-refractivity contribution in [2.24, 2.45) is 14.1 Å². The fourth-order valence-corrected chi connectivity index (χ4v) is 4.12. The van der Waals surface area contributed by atoms with Crippen LogP contribution in [0.5, 0.6) is 5.75 Å². The molecule has 4 aromatic rings. The summed E-state index contributed by atoms with van der Waals surface area (Å²) in [6.07, 6.45) is 4.86. The minimum absolute atomic E-state index is 0.0104. The molecule has 0 radical (unpaired) electrons. The van der Waals surface area contributed by atoms with Crippen molar-refractivity contribution < 1.29 is 9.84 Å². The van der Waals surface area contributed by atoms with Gasteiger partial charge in [-0.2, -0.15) is 10.2 Å². The average Bonchev–Trinajstić information content (AvgIpc) is 3.32. The first-order valence-electron chi connectivity index (χ1n) is 10.6. The van der Waals surface area contributed by atoms with E-state index >= 15 is 0 Å². The number of nitrogens with zero attached hydrogens (tertiary/aromatic N) is 5. The molecule has 1 fully saturated rings. The minimum atomic E-state index is -0.298. The number of hydrogen-bond donors (Lipinski definition) is 2. The average molecular weight is 419 g/mol. The first kappa shape index (κ1) is 19.6. The second kappa shape index (κ2) is 8.03. The Hall–Kier alpha value is -3.39. The van der Waals surface area contributed by atoms with Gasteiger partial charge in [-0.1, -0.05) is 30.3 Å². The number of fused-ring (bicyclic) bond motifs is 1. The molecule has 3 heterocycles. The van der Waals surface area contributed by atoms with Crippen molar-refractivity contribution in [1.29, 1.82) is 0 Å². The maximum Gasteiger partial charge on any atom is 0.163 e. The summed E-state index contributed by atoms with van der Waals surface area (Å²) >= 11 is 0. The van der Waals surface area contributed by atoms with Gasteiger partial charge in [0.1, 0.15) is 23.5 Å². The lowest BCUT2D eigenvalue weighted by atomic mass is 9.95. The molecular weight excluding hydrogens is 392 g/mol. The third-order valence-corrected chi connectivity index (χ3v) is 5.76. The largest absolute Gasteiger partial charge is 0.489 e. The summed E-state index contributed by atoms with van der Waals surface area (Å²) in [6, 6.07) is 14.0. The Kier molecular flexibility index (Phi) is 5.07. The smallest absolute Gasteiger partial charge is 0.163 e. The summed E-state index contributed by atoms with van der Waals surface area (Å²) < 4.78 is 9.86. The molecule has 0 amide bonds. The van der Waals surface area contributed by atoms with Crippen LogP contribution in [-0.4, -0.2) is 41.9 Å². The van der Waals surface area contributed by atoms with Gasteiger partial charge in [-0.05, 0) is 19.3 Å². The number of ether oxygens (including phenoxy) is 1. The van der Waals surface area contributed by atoms with Crippen molar-refractivity contribution in [1.82, 2.24) is 24.5 Å². The quantitative estimate of drug-likeness (QED) is 0.512. The molecule has 1 aliphatic rings. The zero-order valence-corrected chi connectivity index (χ0v) is 17.7. The number of pyridine rings is 1. The van der Waals surface area contributed by atoms with Crippen LogP contribution in [0.2, 0.25) is 0 Å². The van der Waals surface area contributed by atoms with Crippen LogP contribution >= 0.6 is 0 Å². The Balaban J connectivity index is 1.46. The SMILES string of the molecule is Cn1nc(-c2ccccc2)cc1Nc1cc(O[C@H]2CCC[C@@H](O)C2)c2cnn(C)c2n1. The molecule has 0 aliphatic heterocycles. The summed E-state index contributed by atoms with van der Waals surface area (Å²) in [5, 5.41) is 23.2. The van der Waals surface area contributed by atoms with E-state index in [-0.39, 0.29) is 12.2 Å². The van der Waals surface area contributed by atoms with Gasteiger partial charge in [-0.25, -0.2) is 4.98 Å². The van der Waals surface area contributed by atoms with Gasteiger partial charge in [0.2, 0.25) is 0 Å². The van der Waals surface area contributed by atoms with E-state index in [0.717, 1.165) is 53.1 Å². The van der Waals surface area contributed by atoms with Crippen LogP contribution in [0.3, 0.4) is 0 Å². The van der Waals surface area contributed by atoms with Crippen molar-refractivity contribution in [3.63, 3.8) is 0 Å². The summed E-state index contributed by atoms with van der Waals surface area (Å²) in [6.45, 7) is 0. The molecule has 0 unspecified atom stereocenters. The lowest BCUT2D eigenvalue weighted by Crippen LogP contribution is -2.28. The molecule has 1 aromatic carbocycles. The van der Waals surface area contributed by atoms with Gasteiger partial charge in [0.15, 0.2) is 5.65 Å². The van der Waals surface area contributed by atoms with Gasteiger partial charge in [-0.15, -0.1) is 0 Å². The van der Waals surface area contributed by atoms with E-state index in [2.05, 4.69) is 15.5 Å². The van der Waals surface area contributed by atoms with E-state index in [1.54, 1.807) is 15.6 Å². The maximum absolute atomic E-state index is 10.0. The Morgan fingerprint density at radius 2 is 1.94 bits per heavy atom. The van der Waals surface area contributed by atoms with Crippen LogP contribution in [0.1, 0.15) is 25.7 Å². The number of anilines is 2. The van der Waals surface area contributed by atoms with Gasteiger partial charge in [-0.3, -0.25) is 9.36 Å². The minimum Gasteiger partial charge on any atom is -0.489 e. The topological polar surface area (TPSA) is 90.0 Å². The first-order valence-corrected chi connectivity index (χ1v) is 10.6. The molecule has 8 heteroatoms. The Morgan fingerprint density at radius 1 is 1.10 bits per heavy atom. The standard InChI is InChI=1S/C23H26N6O2/c1-28-22(12-19(27-28)15-7-4-3-5-8-15)25-21-13-20(18-14-24-29(2)23(18)26-21)31-17-10-6-9-16(30)11-17/h3-5,7-8,12-14,16-17,30H,6,9-11H2,1-2H3,(H,25,26)/t16-,17+/m1/s1. The molecule has 31 heavy (non-hydrogen) atoms. The maximum atomic E-state index is 10.0. The van der Waals surface area contributed by atoms with E-state index in [9.17, 15) is 5.11 Å². The molecule has 0 saturated heterocycles. The van der Waals surface area contributed by atoms with Crippen LogP contribution in [0, 0.1) is 0 Å². The second-order valence-electron chi connectivity index (χ2n) is 8.10. The van der Waals surface area contributed by atoms with E-state index < -0.39 is 0 Å². The molecule has 2 N–H and O–H groups in total. The highest BCUT2D eigenvalue weighted by Gasteiger charge is 2.23. The summed E-state index contributed by atoms with van der Waals surface area (Å²) in [5.74, 6) is 2.21.